The first-order valence-electron chi connectivity index (χ1n) is 9.37. The van der Waals surface area contributed by atoms with Gasteiger partial charge < -0.3 is 14.2 Å². The predicted octanol–water partition coefficient (Wildman–Crippen LogP) is 2.36. The fourth-order valence-corrected chi connectivity index (χ4v) is 2.76. The van der Waals surface area contributed by atoms with Crippen molar-refractivity contribution in [3.8, 4) is 11.4 Å². The van der Waals surface area contributed by atoms with Crippen LogP contribution in [0.25, 0.3) is 11.4 Å². The van der Waals surface area contributed by atoms with Crippen LogP contribution in [0.4, 0.5) is 0 Å². The van der Waals surface area contributed by atoms with Crippen LogP contribution >= 0.6 is 0 Å². The number of nitrogens with zero attached hydrogens (tertiary/aromatic N) is 2. The highest BCUT2D eigenvalue weighted by molar-refractivity contribution is 6.18. The molecule has 0 spiro atoms. The molecule has 0 N–H and O–H groups in total. The molecule has 0 saturated heterocycles. The summed E-state index contributed by atoms with van der Waals surface area (Å²) in [5.41, 5.74) is -0.922. The monoisotopic (exact) mass is 400 g/mol. The first-order valence-corrected chi connectivity index (χ1v) is 9.37. The molecule has 154 valence electrons. The second kappa shape index (κ2) is 10.3. The standard InChI is InChI=1S/C21H24N2O6/c1-4-27-18(24)21(19(25)28-5-2,20(26)29-6-3)14-15-8-10-16(11-9-15)17-22-12-7-13-23-17/h7-13H,4-6,14H2,1-3H3. The van der Waals surface area contributed by atoms with E-state index < -0.39 is 23.3 Å². The van der Waals surface area contributed by atoms with Crippen LogP contribution in [-0.4, -0.2) is 47.7 Å². The second-order valence-corrected chi connectivity index (χ2v) is 6.01. The molecular formula is C21H24N2O6. The number of carbonyl (C=O) groups is 3. The molecule has 0 unspecified atom stereocenters. The molecule has 0 aliphatic carbocycles. The smallest absolute Gasteiger partial charge is 0.335 e. The van der Waals surface area contributed by atoms with Gasteiger partial charge in [0.15, 0.2) is 5.82 Å². The van der Waals surface area contributed by atoms with Gasteiger partial charge in [-0.3, -0.25) is 14.4 Å². The van der Waals surface area contributed by atoms with E-state index in [1.54, 1.807) is 63.5 Å². The fourth-order valence-electron chi connectivity index (χ4n) is 2.76. The molecule has 0 radical (unpaired) electrons. The number of esters is 3. The van der Waals surface area contributed by atoms with E-state index in [1.165, 1.54) is 0 Å². The normalized spacial score (nSPS) is 10.9. The molecule has 0 saturated carbocycles. The molecule has 8 heteroatoms. The average Bonchev–Trinajstić information content (AvgIpc) is 2.73. The quantitative estimate of drug-likeness (QED) is 0.359. The fraction of sp³-hybridized carbons (Fsp3) is 0.381. The summed E-state index contributed by atoms with van der Waals surface area (Å²) < 4.78 is 15.1. The molecule has 0 amide bonds. The Labute approximate surface area is 169 Å². The van der Waals surface area contributed by atoms with Crippen molar-refractivity contribution in [2.45, 2.75) is 27.2 Å². The van der Waals surface area contributed by atoms with E-state index in [9.17, 15) is 14.4 Å². The summed E-state index contributed by atoms with van der Waals surface area (Å²) >= 11 is 0. The molecule has 0 fully saturated rings. The summed E-state index contributed by atoms with van der Waals surface area (Å²) in [6.45, 7) is 4.78. The molecule has 2 rings (SSSR count). The number of hydrogen-bond donors (Lipinski definition) is 0. The van der Waals surface area contributed by atoms with Gasteiger partial charge in [-0.05, 0) is 32.4 Å². The largest absolute Gasteiger partial charge is 0.465 e. The van der Waals surface area contributed by atoms with Gasteiger partial charge in [0.25, 0.3) is 5.41 Å². The predicted molar refractivity (Wildman–Crippen MR) is 104 cm³/mol. The summed E-state index contributed by atoms with van der Waals surface area (Å²) in [5.74, 6) is -2.45. The number of carbonyl (C=O) groups excluding carboxylic acids is 3. The minimum atomic E-state index is -2.23. The Balaban J connectivity index is 2.43. The van der Waals surface area contributed by atoms with Crippen LogP contribution in [0.5, 0.6) is 0 Å². The molecule has 2 aromatic rings. The highest BCUT2D eigenvalue weighted by atomic mass is 16.6. The van der Waals surface area contributed by atoms with E-state index in [-0.39, 0.29) is 26.2 Å². The molecule has 0 atom stereocenters. The van der Waals surface area contributed by atoms with Crippen LogP contribution in [0.15, 0.2) is 42.7 Å². The van der Waals surface area contributed by atoms with E-state index in [2.05, 4.69) is 9.97 Å². The first kappa shape index (κ1) is 22.0. The minimum Gasteiger partial charge on any atom is -0.465 e. The molecule has 8 nitrogen and oxygen atoms in total. The number of benzene rings is 1. The van der Waals surface area contributed by atoms with Gasteiger partial charge in [-0.1, -0.05) is 24.3 Å². The number of rotatable bonds is 9. The van der Waals surface area contributed by atoms with Crippen molar-refractivity contribution in [2.75, 3.05) is 19.8 Å². The van der Waals surface area contributed by atoms with Crippen LogP contribution in [-0.2, 0) is 35.0 Å². The third kappa shape index (κ3) is 4.96. The van der Waals surface area contributed by atoms with Crippen LogP contribution in [0.1, 0.15) is 26.3 Å². The number of hydrogen-bond acceptors (Lipinski definition) is 8. The third-order valence-corrected chi connectivity index (χ3v) is 4.12. The molecule has 0 bridgehead atoms. The van der Waals surface area contributed by atoms with Gasteiger partial charge in [0.1, 0.15) is 0 Å². The molecule has 29 heavy (non-hydrogen) atoms. The van der Waals surface area contributed by atoms with Crippen LogP contribution in [0.3, 0.4) is 0 Å². The Morgan fingerprint density at radius 3 is 1.66 bits per heavy atom. The van der Waals surface area contributed by atoms with Gasteiger partial charge in [0.05, 0.1) is 19.8 Å². The number of aromatic nitrogens is 2. The molecule has 1 aromatic heterocycles. The van der Waals surface area contributed by atoms with Crippen molar-refractivity contribution in [2.24, 2.45) is 5.41 Å². The lowest BCUT2D eigenvalue weighted by molar-refractivity contribution is -0.183. The lowest BCUT2D eigenvalue weighted by Crippen LogP contribution is -2.51. The van der Waals surface area contributed by atoms with Crippen molar-refractivity contribution >= 4 is 17.9 Å². The maximum atomic E-state index is 12.7. The highest BCUT2D eigenvalue weighted by Crippen LogP contribution is 2.30. The van der Waals surface area contributed by atoms with Crippen molar-refractivity contribution in [3.05, 3.63) is 48.3 Å². The van der Waals surface area contributed by atoms with E-state index in [4.69, 9.17) is 14.2 Å². The Morgan fingerprint density at radius 1 is 0.793 bits per heavy atom. The van der Waals surface area contributed by atoms with Gasteiger partial charge in [-0.15, -0.1) is 0 Å². The minimum absolute atomic E-state index is 0.00365. The van der Waals surface area contributed by atoms with Crippen LogP contribution < -0.4 is 0 Å². The molecule has 0 aliphatic heterocycles. The van der Waals surface area contributed by atoms with Crippen molar-refractivity contribution in [1.82, 2.24) is 9.97 Å². The topological polar surface area (TPSA) is 105 Å². The Bertz CT molecular complexity index is 790. The Morgan fingerprint density at radius 2 is 1.24 bits per heavy atom. The maximum Gasteiger partial charge on any atom is 0.335 e. The first-order chi connectivity index (χ1) is 14.0. The van der Waals surface area contributed by atoms with E-state index in [0.717, 1.165) is 5.56 Å². The molecule has 0 aliphatic rings. The van der Waals surface area contributed by atoms with Gasteiger partial charge in [0, 0.05) is 24.4 Å². The third-order valence-electron chi connectivity index (χ3n) is 4.12. The van der Waals surface area contributed by atoms with E-state index >= 15 is 0 Å². The average molecular weight is 400 g/mol. The highest BCUT2D eigenvalue weighted by Gasteiger charge is 2.57. The van der Waals surface area contributed by atoms with Gasteiger partial charge in [-0.2, -0.15) is 0 Å². The SMILES string of the molecule is CCOC(=O)C(Cc1ccc(-c2ncccn2)cc1)(C(=O)OCC)C(=O)OCC. The van der Waals surface area contributed by atoms with Crippen molar-refractivity contribution in [3.63, 3.8) is 0 Å². The summed E-state index contributed by atoms with van der Waals surface area (Å²) in [7, 11) is 0. The van der Waals surface area contributed by atoms with Crippen LogP contribution in [0, 0.1) is 5.41 Å². The summed E-state index contributed by atoms with van der Waals surface area (Å²) in [6.07, 6.45) is 3.01. The Kier molecular flexibility index (Phi) is 7.82. The zero-order valence-electron chi connectivity index (χ0n) is 16.7. The second-order valence-electron chi connectivity index (χ2n) is 6.01. The zero-order chi connectivity index (χ0) is 21.3. The van der Waals surface area contributed by atoms with Gasteiger partial charge >= 0.3 is 17.9 Å². The zero-order valence-corrected chi connectivity index (χ0v) is 16.7. The number of ether oxygens (including phenoxy) is 3. The van der Waals surface area contributed by atoms with Crippen molar-refractivity contribution in [1.29, 1.82) is 0 Å². The molecule has 1 aromatic carbocycles. The maximum absolute atomic E-state index is 12.7. The van der Waals surface area contributed by atoms with Crippen LogP contribution in [0.2, 0.25) is 0 Å². The Hall–Kier alpha value is -3.29. The van der Waals surface area contributed by atoms with Gasteiger partial charge in [-0.25, -0.2) is 9.97 Å². The summed E-state index contributed by atoms with van der Waals surface area (Å²) in [6, 6.07) is 8.59. The summed E-state index contributed by atoms with van der Waals surface area (Å²) in [4.78, 5) is 46.6. The summed E-state index contributed by atoms with van der Waals surface area (Å²) in [5, 5.41) is 0. The lowest BCUT2D eigenvalue weighted by atomic mass is 9.81. The molecular weight excluding hydrogens is 376 g/mol. The van der Waals surface area contributed by atoms with E-state index in [0.29, 0.717) is 11.4 Å². The van der Waals surface area contributed by atoms with E-state index in [1.807, 2.05) is 0 Å². The van der Waals surface area contributed by atoms with Gasteiger partial charge in [0.2, 0.25) is 0 Å². The van der Waals surface area contributed by atoms with Crippen molar-refractivity contribution < 1.29 is 28.6 Å². The molecule has 1 heterocycles. The lowest BCUT2D eigenvalue weighted by Gasteiger charge is -2.27.